The number of likely N-dealkylation sites (N-methyl/N-ethyl adjacent to an activating group) is 1. The Hall–Kier alpha value is -6.43. The Bertz CT molecular complexity index is 2200. The van der Waals surface area contributed by atoms with Crippen LogP contribution in [0.4, 0.5) is 4.79 Å². The first kappa shape index (κ1) is 51.2. The van der Waals surface area contributed by atoms with Gasteiger partial charge in [0.1, 0.15) is 6.61 Å². The van der Waals surface area contributed by atoms with Gasteiger partial charge in [0, 0.05) is 91.7 Å². The third kappa shape index (κ3) is 14.3. The van der Waals surface area contributed by atoms with Crippen molar-refractivity contribution in [2.45, 2.75) is 32.4 Å². The smallest absolute Gasteiger partial charge is 0.424 e. The molecule has 0 atom stereocenters. The van der Waals surface area contributed by atoms with Crippen LogP contribution in [0.5, 0.6) is 0 Å². The largest absolute Gasteiger partial charge is 0.447 e. The third-order valence-electron chi connectivity index (χ3n) is 11.2. The summed E-state index contributed by atoms with van der Waals surface area (Å²) >= 11 is 0. The summed E-state index contributed by atoms with van der Waals surface area (Å²) in [5, 5.41) is 6.92. The fourth-order valence-corrected chi connectivity index (χ4v) is 7.59. The Morgan fingerprint density at radius 1 is 0.708 bits per heavy atom. The molecule has 1 heterocycles. The van der Waals surface area contributed by atoms with Gasteiger partial charge in [0.25, 0.3) is 0 Å². The molecule has 4 aromatic rings. The van der Waals surface area contributed by atoms with Crippen molar-refractivity contribution in [3.8, 4) is 11.1 Å². The predicted molar refractivity (Wildman–Crippen MR) is 240 cm³/mol. The van der Waals surface area contributed by atoms with Crippen molar-refractivity contribution in [3.63, 3.8) is 0 Å². The van der Waals surface area contributed by atoms with Gasteiger partial charge in [-0.1, -0.05) is 66.7 Å². The molecule has 1 aliphatic carbocycles. The van der Waals surface area contributed by atoms with Crippen LogP contribution in [-0.2, 0) is 60.8 Å². The Kier molecular flexibility index (Phi) is 20.8. The van der Waals surface area contributed by atoms with Crippen LogP contribution in [0.25, 0.3) is 22.0 Å². The molecule has 0 saturated heterocycles. The zero-order chi connectivity index (χ0) is 47.3. The van der Waals surface area contributed by atoms with Crippen LogP contribution in [0.15, 0.2) is 78.9 Å². The molecule has 0 bridgehead atoms. The molecule has 18 heteroatoms. The van der Waals surface area contributed by atoms with Crippen molar-refractivity contribution in [3.05, 3.63) is 95.7 Å². The number of aromatic nitrogens is 1. The number of methoxy groups -OCH3 is 3. The highest BCUT2D eigenvalue weighted by atomic mass is 16.6. The van der Waals surface area contributed by atoms with Crippen LogP contribution in [0.3, 0.4) is 0 Å². The number of nitrogens with zero attached hydrogens (tertiary/aromatic N) is 6. The molecule has 350 valence electrons. The van der Waals surface area contributed by atoms with Gasteiger partial charge >= 0.3 is 12.2 Å². The topological polar surface area (TPSA) is 190 Å². The van der Waals surface area contributed by atoms with Gasteiger partial charge in [-0.2, -0.15) is 9.59 Å². The highest BCUT2D eigenvalue weighted by Gasteiger charge is 2.30. The van der Waals surface area contributed by atoms with Crippen LogP contribution in [0, 0.1) is 0 Å². The van der Waals surface area contributed by atoms with Gasteiger partial charge in [-0.3, -0.25) is 19.2 Å². The van der Waals surface area contributed by atoms with Gasteiger partial charge in [-0.25, -0.2) is 14.8 Å². The Morgan fingerprint density at radius 2 is 1.22 bits per heavy atom. The summed E-state index contributed by atoms with van der Waals surface area (Å²) in [4.78, 5) is 87.3. The van der Waals surface area contributed by atoms with E-state index in [1.54, 1.807) is 31.1 Å². The summed E-state index contributed by atoms with van der Waals surface area (Å²) in [7, 11) is 8.02. The Morgan fingerprint density at radius 3 is 1.78 bits per heavy atom. The van der Waals surface area contributed by atoms with E-state index in [2.05, 4.69) is 29.6 Å². The number of hydrogen-bond donors (Lipinski definition) is 1. The minimum Gasteiger partial charge on any atom is -0.447 e. The summed E-state index contributed by atoms with van der Waals surface area (Å²) in [6, 6.07) is 26.3. The summed E-state index contributed by atoms with van der Waals surface area (Å²) in [6.45, 7) is 3.70. The van der Waals surface area contributed by atoms with Crippen LogP contribution in [0.1, 0.15) is 36.1 Å². The normalized spacial score (nSPS) is 11.5. The van der Waals surface area contributed by atoms with E-state index >= 15 is 0 Å². The fourth-order valence-electron chi connectivity index (χ4n) is 7.59. The molecule has 1 aliphatic rings. The number of rotatable bonds is 24. The summed E-state index contributed by atoms with van der Waals surface area (Å²) < 4.78 is 23.5. The molecule has 0 aliphatic heterocycles. The van der Waals surface area contributed by atoms with Crippen LogP contribution < -0.4 is 5.32 Å². The number of nitrogens with one attached hydrogen (secondary N) is 1. The van der Waals surface area contributed by atoms with Crippen molar-refractivity contribution in [1.29, 1.82) is 0 Å². The maximum atomic E-state index is 13.5. The van der Waals surface area contributed by atoms with Gasteiger partial charge < -0.3 is 43.5 Å². The van der Waals surface area contributed by atoms with Crippen molar-refractivity contribution < 1.29 is 52.5 Å². The predicted octanol–water partition coefficient (Wildman–Crippen LogP) is 3.24. The Balaban J connectivity index is 0.00000300. The number of fused-ring (bicyclic) bond motifs is 4. The van der Waals surface area contributed by atoms with Gasteiger partial charge in [0.05, 0.1) is 46.0 Å². The maximum absolute atomic E-state index is 13.5. The monoisotopic (exact) mass is 899 g/mol. The molecule has 5 amide bonds. The Labute approximate surface area is 379 Å². The van der Waals surface area contributed by atoms with E-state index in [0.717, 1.165) is 38.9 Å². The number of hydrogen-bond acceptors (Lipinski definition) is 12. The lowest BCUT2D eigenvalue weighted by Gasteiger charge is -2.29. The lowest BCUT2D eigenvalue weighted by Crippen LogP contribution is -2.50. The SMILES string of the molecule is CCN(CCOC)C(=O)CN(CCOC)C(=O)CN(CCOC)C(=O)CNC(=O)CCn1c(CN(C)N(C)C(=O)OCC2c3ccccc3-c3ccccc32)cc2ccccc21.O=C=O. The van der Waals surface area contributed by atoms with Crippen molar-refractivity contribution in [2.24, 2.45) is 0 Å². The molecule has 1 N–H and O–H groups in total. The molecule has 0 fully saturated rings. The number of amides is 5. The average molecular weight is 900 g/mol. The first-order valence-corrected chi connectivity index (χ1v) is 21.4. The lowest BCUT2D eigenvalue weighted by atomic mass is 9.98. The zero-order valence-corrected chi connectivity index (χ0v) is 38.2. The maximum Gasteiger partial charge on any atom is 0.424 e. The van der Waals surface area contributed by atoms with E-state index in [-0.39, 0.29) is 82.8 Å². The van der Waals surface area contributed by atoms with E-state index < -0.39 is 17.9 Å². The molecule has 18 nitrogen and oxygen atoms in total. The second-order valence-electron chi connectivity index (χ2n) is 15.2. The summed E-state index contributed by atoms with van der Waals surface area (Å²) in [6.07, 6.45) is -0.175. The highest BCUT2D eigenvalue weighted by molar-refractivity contribution is 5.90. The quantitative estimate of drug-likeness (QED) is 0.101. The molecule has 5 rings (SSSR count). The lowest BCUT2D eigenvalue weighted by molar-refractivity contribution is -0.191. The molecule has 1 aromatic heterocycles. The van der Waals surface area contributed by atoms with Crippen LogP contribution >= 0.6 is 0 Å². The van der Waals surface area contributed by atoms with Crippen LogP contribution in [-0.4, -0.2) is 173 Å². The standard InChI is InChI=1S/C46H61N7O9.CO2/c1-7-50(22-25-59-4)44(56)31-52(24-27-61-6)45(57)32-51(23-26-60-5)43(55)29-47-42(54)20-21-53-35(28-34-14-8-13-19-41(34)53)30-48(2)49(3)46(58)62-33-40-38-17-11-9-15-36(38)37-16-10-12-18-39(37)40;2-1-3/h8-19,28,40H,7,20-27,29-33H2,1-6H3,(H,47,54);. The minimum absolute atomic E-state index is 0.0613. The number of ether oxygens (including phenoxy) is 4. The third-order valence-corrected chi connectivity index (χ3v) is 11.2. The molecule has 0 radical (unpaired) electrons. The molecule has 0 saturated carbocycles. The minimum atomic E-state index is -0.487. The molecule has 0 unspecified atom stereocenters. The van der Waals surface area contributed by atoms with E-state index in [9.17, 15) is 24.0 Å². The number of aryl methyl sites for hydroxylation is 1. The van der Waals surface area contributed by atoms with Gasteiger partial charge in [-0.05, 0) is 46.7 Å². The molecule has 3 aromatic carbocycles. The molecular weight excluding hydrogens is 839 g/mol. The highest BCUT2D eigenvalue weighted by Crippen LogP contribution is 2.44. The van der Waals surface area contributed by atoms with Gasteiger partial charge in [0.15, 0.2) is 0 Å². The summed E-state index contributed by atoms with van der Waals surface area (Å²) in [5.41, 5.74) is 6.38. The number of hydrazine groups is 1. The van der Waals surface area contributed by atoms with Crippen molar-refractivity contribution in [1.82, 2.24) is 34.6 Å². The summed E-state index contributed by atoms with van der Waals surface area (Å²) in [5.74, 6) is -1.57. The van der Waals surface area contributed by atoms with E-state index in [4.69, 9.17) is 28.5 Å². The fraction of sp³-hybridized carbons (Fsp3) is 0.447. The molecule has 65 heavy (non-hydrogen) atoms. The van der Waals surface area contributed by atoms with E-state index in [1.165, 1.54) is 29.0 Å². The zero-order valence-electron chi connectivity index (χ0n) is 38.2. The number of para-hydroxylation sites is 1. The van der Waals surface area contributed by atoms with E-state index in [1.807, 2.05) is 66.1 Å². The number of carbonyl (C=O) groups excluding carboxylic acids is 7. The van der Waals surface area contributed by atoms with Gasteiger partial charge in [-0.15, -0.1) is 0 Å². The average Bonchev–Trinajstić information content (AvgIpc) is 3.83. The number of carbonyl (C=O) groups is 5. The first-order valence-electron chi connectivity index (χ1n) is 21.4. The first-order chi connectivity index (χ1) is 31.4. The molecular formula is C47H61N7O11. The van der Waals surface area contributed by atoms with Crippen LogP contribution in [0.2, 0.25) is 0 Å². The number of benzene rings is 3. The van der Waals surface area contributed by atoms with Crippen molar-refractivity contribution >= 4 is 46.8 Å². The van der Waals surface area contributed by atoms with E-state index in [0.29, 0.717) is 32.8 Å². The second kappa shape index (κ2) is 26.4. The second-order valence-corrected chi connectivity index (χ2v) is 15.2. The molecule has 0 spiro atoms. The van der Waals surface area contributed by atoms with Crippen molar-refractivity contribution in [2.75, 3.05) is 108 Å². The van der Waals surface area contributed by atoms with Gasteiger partial charge in [0.2, 0.25) is 23.6 Å².